The number of thioether (sulfide) groups is 1. The van der Waals surface area contributed by atoms with Gasteiger partial charge in [0.05, 0.1) is 48.0 Å². The van der Waals surface area contributed by atoms with Gasteiger partial charge >= 0.3 is 5.51 Å². The third kappa shape index (κ3) is 4.87. The number of anilines is 1. The lowest BCUT2D eigenvalue weighted by atomic mass is 9.92. The summed E-state index contributed by atoms with van der Waals surface area (Å²) in [6.07, 6.45) is 4.66. The molecule has 0 bridgehead atoms. The number of amides is 1. The number of nitrogens with one attached hydrogen (secondary N) is 2. The van der Waals surface area contributed by atoms with Crippen LogP contribution in [0.3, 0.4) is 0 Å². The largest absolute Gasteiger partial charge is 0.446 e. The monoisotopic (exact) mass is 570 g/mol. The average molecular weight is 571 g/mol. The van der Waals surface area contributed by atoms with Gasteiger partial charge in [-0.25, -0.2) is 4.52 Å². The van der Waals surface area contributed by atoms with Gasteiger partial charge in [-0.05, 0) is 48.6 Å². The zero-order valence-corrected chi connectivity index (χ0v) is 22.3. The van der Waals surface area contributed by atoms with Crippen molar-refractivity contribution < 1.29 is 22.7 Å². The fourth-order valence-corrected chi connectivity index (χ4v) is 6.10. The number of hydrogen-bond donors (Lipinski definition) is 2. The molecule has 0 aromatic carbocycles. The third-order valence-electron chi connectivity index (χ3n) is 7.71. The molecule has 3 aromatic heterocycles. The van der Waals surface area contributed by atoms with E-state index in [0.717, 1.165) is 25.9 Å². The summed E-state index contributed by atoms with van der Waals surface area (Å²) in [4.78, 5) is 14.3. The first-order valence-corrected chi connectivity index (χ1v) is 13.5. The summed E-state index contributed by atoms with van der Waals surface area (Å²) in [5, 5.41) is 24.2. The molecule has 1 aliphatic carbocycles. The minimum atomic E-state index is -4.53. The number of nitrogens with zero attached hydrogens (tertiary/aromatic N) is 6. The molecule has 2 saturated heterocycles. The van der Waals surface area contributed by atoms with Crippen LogP contribution in [0.1, 0.15) is 28.9 Å². The van der Waals surface area contributed by atoms with Crippen LogP contribution >= 0.6 is 11.8 Å². The van der Waals surface area contributed by atoms with Crippen molar-refractivity contribution in [3.05, 3.63) is 41.9 Å². The Labute approximate surface area is 231 Å². The van der Waals surface area contributed by atoms with Crippen LogP contribution in [0.5, 0.6) is 0 Å². The number of aromatic nitrogens is 4. The fraction of sp³-hybridized carbons (Fsp3) is 0.462. The van der Waals surface area contributed by atoms with E-state index in [0.29, 0.717) is 30.5 Å². The number of ether oxygens (including phenoxy) is 1. The van der Waals surface area contributed by atoms with Crippen LogP contribution in [0.4, 0.5) is 19.0 Å². The smallest absolute Gasteiger partial charge is 0.375 e. The summed E-state index contributed by atoms with van der Waals surface area (Å²) >= 11 is -0.255. The maximum absolute atomic E-state index is 13.5. The summed E-state index contributed by atoms with van der Waals surface area (Å²) in [7, 11) is 1.68. The Hall–Kier alpha value is -3.72. The number of likely N-dealkylation sites (tertiary alicyclic amines) is 1. The number of pyridine rings is 1. The molecule has 1 amide bonds. The Balaban J connectivity index is 1.22. The van der Waals surface area contributed by atoms with Gasteiger partial charge in [-0.15, -0.1) is 0 Å². The molecule has 1 saturated carbocycles. The zero-order chi connectivity index (χ0) is 28.1. The van der Waals surface area contributed by atoms with Crippen molar-refractivity contribution in [1.82, 2.24) is 29.6 Å². The normalized spacial score (nSPS) is 23.3. The molecule has 2 aliphatic heterocycles. The predicted molar refractivity (Wildman–Crippen MR) is 139 cm³/mol. The second-order valence-corrected chi connectivity index (χ2v) is 11.4. The Morgan fingerprint density at radius 3 is 2.83 bits per heavy atom. The lowest BCUT2D eigenvalue weighted by Gasteiger charge is -2.47. The Kier molecular flexibility index (Phi) is 6.45. The van der Waals surface area contributed by atoms with Gasteiger partial charge < -0.3 is 15.4 Å². The van der Waals surface area contributed by atoms with E-state index in [2.05, 4.69) is 43.6 Å². The molecular weight excluding hydrogens is 545 g/mol. The van der Waals surface area contributed by atoms with Crippen LogP contribution in [0.25, 0.3) is 5.52 Å². The molecule has 3 aliphatic rings. The van der Waals surface area contributed by atoms with Crippen molar-refractivity contribution in [2.45, 2.75) is 34.3 Å². The van der Waals surface area contributed by atoms with Crippen LogP contribution in [0.2, 0.25) is 0 Å². The number of nitriles is 1. The molecule has 2 N–H and O–H groups in total. The maximum Gasteiger partial charge on any atom is 0.446 e. The molecule has 3 fully saturated rings. The van der Waals surface area contributed by atoms with Crippen LogP contribution in [0, 0.1) is 29.1 Å². The highest BCUT2D eigenvalue weighted by atomic mass is 32.2. The number of halogens is 3. The van der Waals surface area contributed by atoms with Crippen molar-refractivity contribution in [2.24, 2.45) is 13.0 Å². The first-order chi connectivity index (χ1) is 19.1. The van der Waals surface area contributed by atoms with Crippen molar-refractivity contribution in [3.8, 4) is 17.9 Å². The molecular formula is C26H25F3N8O2S. The van der Waals surface area contributed by atoms with Crippen LogP contribution in [0.15, 0.2) is 35.5 Å². The fourth-order valence-electron chi connectivity index (χ4n) is 5.42. The molecule has 5 heterocycles. The van der Waals surface area contributed by atoms with E-state index in [4.69, 9.17) is 4.74 Å². The highest BCUT2D eigenvalue weighted by Gasteiger charge is 2.60. The van der Waals surface area contributed by atoms with Gasteiger partial charge in [0, 0.05) is 31.9 Å². The zero-order valence-electron chi connectivity index (χ0n) is 21.5. The molecule has 0 spiro atoms. The number of rotatable bonds is 6. The van der Waals surface area contributed by atoms with Gasteiger partial charge in [0.1, 0.15) is 11.5 Å². The van der Waals surface area contributed by atoms with Gasteiger partial charge in [0.25, 0.3) is 5.91 Å². The Morgan fingerprint density at radius 2 is 2.17 bits per heavy atom. The number of carbonyl (C=O) groups excluding carboxylic acids is 1. The SMILES string of the molecule is Cn1cc(C(=O)NCC#Cc2nn3c(NC45CCN(C6(C#N)COC6)CC4C5)cccc3c2SC(F)(F)F)cn1. The van der Waals surface area contributed by atoms with Crippen molar-refractivity contribution in [3.63, 3.8) is 0 Å². The van der Waals surface area contributed by atoms with Crippen LogP contribution in [-0.4, -0.2) is 79.6 Å². The highest BCUT2D eigenvalue weighted by molar-refractivity contribution is 8.00. The summed E-state index contributed by atoms with van der Waals surface area (Å²) in [6.45, 7) is 2.25. The average Bonchev–Trinajstić information content (AvgIpc) is 3.23. The third-order valence-corrected chi connectivity index (χ3v) is 8.55. The minimum Gasteiger partial charge on any atom is -0.375 e. The highest BCUT2D eigenvalue weighted by Crippen LogP contribution is 2.53. The number of hydrogen-bond acceptors (Lipinski definition) is 8. The van der Waals surface area contributed by atoms with E-state index in [1.807, 2.05) is 0 Å². The summed E-state index contributed by atoms with van der Waals surface area (Å²) in [5.74, 6) is 5.94. The number of piperidine rings is 1. The number of fused-ring (bicyclic) bond motifs is 2. The van der Waals surface area contributed by atoms with E-state index in [1.54, 1.807) is 31.4 Å². The number of alkyl halides is 3. The van der Waals surface area contributed by atoms with Gasteiger partial charge in [0.2, 0.25) is 0 Å². The molecule has 6 rings (SSSR count). The van der Waals surface area contributed by atoms with E-state index >= 15 is 0 Å². The van der Waals surface area contributed by atoms with Crippen molar-refractivity contribution >= 4 is 29.0 Å². The molecule has 0 radical (unpaired) electrons. The van der Waals surface area contributed by atoms with Crippen LogP contribution < -0.4 is 10.6 Å². The van der Waals surface area contributed by atoms with E-state index < -0.39 is 11.0 Å². The van der Waals surface area contributed by atoms with Gasteiger partial charge in [0.15, 0.2) is 5.54 Å². The van der Waals surface area contributed by atoms with Gasteiger partial charge in [-0.3, -0.25) is 14.4 Å². The van der Waals surface area contributed by atoms with Gasteiger partial charge in [-0.2, -0.15) is 28.6 Å². The molecule has 14 heteroatoms. The summed E-state index contributed by atoms with van der Waals surface area (Å²) < 4.78 is 48.8. The first-order valence-electron chi connectivity index (χ1n) is 12.7. The number of aryl methyl sites for hydroxylation is 1. The molecule has 10 nitrogen and oxygen atoms in total. The molecule has 2 unspecified atom stereocenters. The lowest BCUT2D eigenvalue weighted by molar-refractivity contribution is -0.114. The maximum atomic E-state index is 13.5. The second kappa shape index (κ2) is 9.73. The topological polar surface area (TPSA) is 113 Å². The molecule has 208 valence electrons. The standard InChI is InChI=1S/C26H25F3N8O2S/c1-35-12-17(11-32-35)23(38)31-8-3-4-19-22(40-26(27,28)29)20-5-2-6-21(37(20)34-19)33-25-7-9-36(13-18(25)10-25)24(14-30)15-39-16-24/h2,5-6,11-12,18,33H,7-10,13,15-16H2,1H3,(H,31,38). The lowest BCUT2D eigenvalue weighted by Crippen LogP contribution is -2.63. The van der Waals surface area contributed by atoms with E-state index in [1.165, 1.54) is 15.4 Å². The molecule has 40 heavy (non-hydrogen) atoms. The van der Waals surface area contributed by atoms with E-state index in [-0.39, 0.29) is 45.9 Å². The summed E-state index contributed by atoms with van der Waals surface area (Å²) in [6, 6.07) is 7.48. The predicted octanol–water partition coefficient (Wildman–Crippen LogP) is 2.63. The van der Waals surface area contributed by atoms with Crippen molar-refractivity contribution in [1.29, 1.82) is 5.26 Å². The quantitative estimate of drug-likeness (QED) is 0.344. The van der Waals surface area contributed by atoms with Gasteiger partial charge in [-0.1, -0.05) is 12.0 Å². The summed E-state index contributed by atoms with van der Waals surface area (Å²) in [5.41, 5.74) is -4.66. The van der Waals surface area contributed by atoms with E-state index in [9.17, 15) is 23.2 Å². The van der Waals surface area contributed by atoms with Crippen molar-refractivity contribution in [2.75, 3.05) is 38.2 Å². The second-order valence-electron chi connectivity index (χ2n) is 10.3. The Morgan fingerprint density at radius 1 is 1.35 bits per heavy atom. The number of carbonyl (C=O) groups is 1. The Bertz CT molecular complexity index is 1580. The molecule has 2 atom stereocenters. The first kappa shape index (κ1) is 26.5. The molecule has 3 aromatic rings. The van der Waals surface area contributed by atoms with Crippen LogP contribution in [-0.2, 0) is 11.8 Å². The minimum absolute atomic E-state index is 0.0205.